The van der Waals surface area contributed by atoms with E-state index >= 15 is 0 Å². The number of nitrogens with zero attached hydrogens (tertiary/aromatic N) is 4. The minimum absolute atomic E-state index is 0.0406. The zero-order chi connectivity index (χ0) is 14.0. The first-order chi connectivity index (χ1) is 8.10. The van der Waals surface area contributed by atoms with Gasteiger partial charge in [0.25, 0.3) is 0 Å². The molecule has 0 aliphatic rings. The first-order valence-corrected chi connectivity index (χ1v) is 6.34. The lowest BCUT2D eigenvalue weighted by Crippen LogP contribution is -2.54. The molecule has 0 saturated carbocycles. The van der Waals surface area contributed by atoms with Gasteiger partial charge in [0.2, 0.25) is 0 Å². The summed E-state index contributed by atoms with van der Waals surface area (Å²) in [5.41, 5.74) is 0.118. The zero-order valence-corrected chi connectivity index (χ0v) is 12.7. The van der Waals surface area contributed by atoms with Crippen molar-refractivity contribution in [3.8, 4) is 0 Å². The molecule has 0 saturated heterocycles. The Morgan fingerprint density at radius 2 is 1.83 bits per heavy atom. The normalized spacial score (nSPS) is 13.3. The maximum absolute atomic E-state index is 4.44. The molecule has 0 amide bonds. The maximum atomic E-state index is 4.44. The van der Waals surface area contributed by atoms with Gasteiger partial charge in [-0.2, -0.15) is 0 Å². The molecule has 6 heteroatoms. The second kappa shape index (κ2) is 5.32. The Bertz CT molecular complexity index is 374. The molecule has 0 aliphatic carbocycles. The minimum Gasteiger partial charge on any atom is -0.303 e. The fourth-order valence-electron chi connectivity index (χ4n) is 1.30. The van der Waals surface area contributed by atoms with E-state index in [-0.39, 0.29) is 11.1 Å². The van der Waals surface area contributed by atoms with Crippen LogP contribution in [0.4, 0.5) is 0 Å². The van der Waals surface area contributed by atoms with Gasteiger partial charge in [0, 0.05) is 5.54 Å². The summed E-state index contributed by atoms with van der Waals surface area (Å²) in [7, 11) is 4.14. The molecule has 104 valence electrons. The third-order valence-electron chi connectivity index (χ3n) is 3.05. The smallest absolute Gasteiger partial charge is 0.303 e. The molecule has 2 N–H and O–H groups in total. The highest BCUT2D eigenvalue weighted by Gasteiger charge is 2.26. The van der Waals surface area contributed by atoms with Crippen LogP contribution in [0.5, 0.6) is 0 Å². The zero-order valence-electron chi connectivity index (χ0n) is 12.7. The third kappa shape index (κ3) is 4.70. The Balaban J connectivity index is 2.59. The summed E-state index contributed by atoms with van der Waals surface area (Å²) < 4.78 is 0. The van der Waals surface area contributed by atoms with Crippen molar-refractivity contribution in [1.29, 1.82) is 0 Å². The molecule has 1 rings (SSSR count). The Hall–Kier alpha value is -1.01. The van der Waals surface area contributed by atoms with Gasteiger partial charge in [-0.1, -0.05) is 4.80 Å². The molecule has 0 bridgehead atoms. The standard InChI is InChI=1S/C12H26N6/c1-11(2,3)13-8-10-14-16-18(15-10)9-12(4,5)17(6)7/h13H,8-9H2,1-7H3/p+1. The fraction of sp³-hybridized carbons (Fsp3) is 0.917. The van der Waals surface area contributed by atoms with Gasteiger partial charge in [-0.3, -0.25) is 0 Å². The van der Waals surface area contributed by atoms with E-state index in [2.05, 4.69) is 74.3 Å². The van der Waals surface area contributed by atoms with Crippen molar-refractivity contribution in [2.75, 3.05) is 14.1 Å². The summed E-state index contributed by atoms with van der Waals surface area (Å²) in [4.78, 5) is 3.97. The van der Waals surface area contributed by atoms with Gasteiger partial charge in [-0.15, -0.1) is 0 Å². The van der Waals surface area contributed by atoms with Gasteiger partial charge < -0.3 is 10.2 Å². The molecule has 0 spiro atoms. The van der Waals surface area contributed by atoms with Gasteiger partial charge in [0.1, 0.15) is 0 Å². The van der Waals surface area contributed by atoms with Crippen LogP contribution in [0.3, 0.4) is 0 Å². The van der Waals surface area contributed by atoms with Crippen LogP contribution < -0.4 is 10.1 Å². The second-order valence-corrected chi connectivity index (χ2v) is 6.60. The van der Waals surface area contributed by atoms with Crippen molar-refractivity contribution in [1.82, 2.24) is 25.6 Å². The summed E-state index contributed by atoms with van der Waals surface area (Å²) in [5, 5.41) is 15.0. The monoisotopic (exact) mass is 255 g/mol. The van der Waals surface area contributed by atoms with Crippen molar-refractivity contribution in [3.63, 3.8) is 0 Å². The molecule has 0 radical (unpaired) electrons. The first-order valence-electron chi connectivity index (χ1n) is 6.34. The van der Waals surface area contributed by atoms with Crippen LogP contribution in [-0.2, 0) is 13.1 Å². The number of aromatic nitrogens is 4. The molecule has 0 fully saturated rings. The van der Waals surface area contributed by atoms with Crippen LogP contribution in [0.15, 0.2) is 0 Å². The Labute approximate surface area is 110 Å². The van der Waals surface area contributed by atoms with Crippen molar-refractivity contribution in [3.05, 3.63) is 5.82 Å². The minimum atomic E-state index is 0.0406. The molecule has 0 atom stereocenters. The van der Waals surface area contributed by atoms with Crippen molar-refractivity contribution >= 4 is 0 Å². The number of aromatic amines is 1. The largest absolute Gasteiger partial charge is 0.321 e. The molecule has 6 nitrogen and oxygen atoms in total. The van der Waals surface area contributed by atoms with Crippen LogP contribution in [-0.4, -0.2) is 45.5 Å². The van der Waals surface area contributed by atoms with Gasteiger partial charge in [-0.25, -0.2) is 0 Å². The van der Waals surface area contributed by atoms with E-state index in [0.29, 0.717) is 6.54 Å². The van der Waals surface area contributed by atoms with E-state index in [1.807, 2.05) is 0 Å². The van der Waals surface area contributed by atoms with E-state index in [4.69, 9.17) is 0 Å². The summed E-state index contributed by atoms with van der Waals surface area (Å²) in [6, 6.07) is 0. The molecule has 0 aliphatic heterocycles. The highest BCUT2D eigenvalue weighted by molar-refractivity contribution is 4.79. The van der Waals surface area contributed by atoms with E-state index in [9.17, 15) is 0 Å². The molecule has 1 aromatic rings. The summed E-state index contributed by atoms with van der Waals surface area (Å²) in [6.07, 6.45) is 0. The van der Waals surface area contributed by atoms with E-state index < -0.39 is 0 Å². The summed E-state index contributed by atoms with van der Waals surface area (Å²) >= 11 is 0. The van der Waals surface area contributed by atoms with Gasteiger partial charge >= 0.3 is 5.82 Å². The number of nitrogens with one attached hydrogen (secondary N) is 2. The third-order valence-corrected chi connectivity index (χ3v) is 3.05. The van der Waals surface area contributed by atoms with Gasteiger partial charge in [0.05, 0.1) is 17.2 Å². The summed E-state index contributed by atoms with van der Waals surface area (Å²) in [6.45, 7) is 12.2. The Morgan fingerprint density at radius 1 is 1.22 bits per heavy atom. The first kappa shape index (κ1) is 15.0. The summed E-state index contributed by atoms with van der Waals surface area (Å²) in [5.74, 6) is 0.791. The molecular weight excluding hydrogens is 228 g/mol. The number of hydrogen-bond acceptors (Lipinski definition) is 4. The topological polar surface area (TPSA) is 60.7 Å². The molecule has 18 heavy (non-hydrogen) atoms. The van der Waals surface area contributed by atoms with E-state index in [1.54, 1.807) is 4.80 Å². The van der Waals surface area contributed by atoms with E-state index in [0.717, 1.165) is 12.4 Å². The average molecular weight is 255 g/mol. The number of H-pyrrole nitrogens is 1. The van der Waals surface area contributed by atoms with Crippen LogP contribution in [0.25, 0.3) is 0 Å². The molecule has 0 unspecified atom stereocenters. The van der Waals surface area contributed by atoms with Crippen LogP contribution in [0.2, 0.25) is 0 Å². The number of hydrogen-bond donors (Lipinski definition) is 2. The molecular formula is C12H27N6+. The number of likely N-dealkylation sites (N-methyl/N-ethyl adjacent to an activating group) is 1. The quantitative estimate of drug-likeness (QED) is 0.744. The predicted molar refractivity (Wildman–Crippen MR) is 70.9 cm³/mol. The highest BCUT2D eigenvalue weighted by Crippen LogP contribution is 2.08. The van der Waals surface area contributed by atoms with Crippen molar-refractivity contribution < 1.29 is 4.80 Å². The number of rotatable bonds is 5. The Kier molecular flexibility index (Phi) is 4.45. The number of tetrazole rings is 1. The van der Waals surface area contributed by atoms with Crippen LogP contribution in [0.1, 0.15) is 40.4 Å². The maximum Gasteiger partial charge on any atom is 0.321 e. The lowest BCUT2D eigenvalue weighted by molar-refractivity contribution is -0.812. The van der Waals surface area contributed by atoms with Gasteiger partial charge in [-0.05, 0) is 59.0 Å². The van der Waals surface area contributed by atoms with Crippen LogP contribution in [0, 0.1) is 0 Å². The lowest BCUT2D eigenvalue weighted by Gasteiger charge is -2.29. The van der Waals surface area contributed by atoms with Crippen molar-refractivity contribution in [2.24, 2.45) is 0 Å². The molecule has 0 aromatic carbocycles. The molecule has 1 aromatic heterocycles. The average Bonchev–Trinajstić information content (AvgIpc) is 2.60. The van der Waals surface area contributed by atoms with E-state index in [1.165, 1.54) is 0 Å². The SMILES string of the molecule is CN(C)C(C)(C)C[n+]1nc(CNC(C)(C)C)n[nH]1. The van der Waals surface area contributed by atoms with Crippen molar-refractivity contribution in [2.45, 2.75) is 58.8 Å². The van der Waals surface area contributed by atoms with Gasteiger partial charge in [0.15, 0.2) is 6.54 Å². The lowest BCUT2D eigenvalue weighted by atomic mass is 10.1. The second-order valence-electron chi connectivity index (χ2n) is 6.60. The predicted octanol–water partition coefficient (Wildman–Crippen LogP) is 0.321. The Morgan fingerprint density at radius 3 is 2.33 bits per heavy atom. The fourth-order valence-corrected chi connectivity index (χ4v) is 1.30. The molecule has 1 heterocycles. The van der Waals surface area contributed by atoms with Crippen LogP contribution >= 0.6 is 0 Å². The highest BCUT2D eigenvalue weighted by atomic mass is 15.6.